The van der Waals surface area contributed by atoms with E-state index in [0.29, 0.717) is 10.8 Å². The van der Waals surface area contributed by atoms with Crippen molar-refractivity contribution in [3.63, 3.8) is 0 Å². The molecule has 0 fully saturated rings. The van der Waals surface area contributed by atoms with Crippen LogP contribution < -0.4 is 32.8 Å². The molecule has 8 heteroatoms. The Bertz CT molecular complexity index is 2560. The Morgan fingerprint density at radius 1 is 0.354 bits per heavy atom. The fourth-order valence-electron chi connectivity index (χ4n) is 7.91. The Morgan fingerprint density at radius 3 is 1.58 bits per heavy atom. The molecule has 0 aromatic heterocycles. The van der Waals surface area contributed by atoms with Crippen LogP contribution in [0.25, 0.3) is 76.5 Å². The summed E-state index contributed by atoms with van der Waals surface area (Å²) in [5, 5.41) is 32.1. The Kier molecular flexibility index (Phi) is 7.03. The Labute approximate surface area is 286 Å². The van der Waals surface area contributed by atoms with Gasteiger partial charge in [-0.1, -0.05) is 120 Å². The van der Waals surface area contributed by atoms with Crippen molar-refractivity contribution in [3.05, 3.63) is 109 Å². The van der Waals surface area contributed by atoms with E-state index in [0.717, 1.165) is 54.8 Å². The number of aromatic hydroxyl groups is 2. The number of rotatable bonds is 3. The number of benzene rings is 8. The standard InChI is InChI=1S/C40H32B6O2/c41-33-29-27(22-15-12-20(13-16-22)24-17-14-19-6-1-2-8-23(19)18-24)30-32(39(47)40(48)38(46)35(30)43)28(31(29)34(42)37(45)36(33)44)26-11-5-9-21-7-3-4-10-25(21)26/h1-18,47-48H,41-46H2. The fraction of sp³-hybridized carbons (Fsp3) is 0. The maximum Gasteiger partial charge on any atom is 0.165 e. The molecule has 8 aromatic carbocycles. The molecule has 8 aromatic rings. The predicted molar refractivity (Wildman–Crippen MR) is 225 cm³/mol. The lowest BCUT2D eigenvalue weighted by Gasteiger charge is -2.27. The van der Waals surface area contributed by atoms with Crippen molar-refractivity contribution in [2.24, 2.45) is 0 Å². The molecule has 222 valence electrons. The minimum absolute atomic E-state index is 0.0587. The third-order valence-corrected chi connectivity index (χ3v) is 11.0. The van der Waals surface area contributed by atoms with Gasteiger partial charge in [-0.2, -0.15) is 0 Å². The molecule has 48 heavy (non-hydrogen) atoms. The van der Waals surface area contributed by atoms with E-state index in [1.807, 2.05) is 7.85 Å². The van der Waals surface area contributed by atoms with Crippen molar-refractivity contribution in [1.82, 2.24) is 0 Å². The first kappa shape index (κ1) is 30.1. The van der Waals surface area contributed by atoms with Gasteiger partial charge in [0.15, 0.2) is 11.5 Å². The molecule has 0 saturated carbocycles. The highest BCUT2D eigenvalue weighted by Crippen LogP contribution is 2.48. The highest BCUT2D eigenvalue weighted by Gasteiger charge is 2.27. The van der Waals surface area contributed by atoms with Crippen LogP contribution in [0.4, 0.5) is 0 Å². The third-order valence-electron chi connectivity index (χ3n) is 11.0. The van der Waals surface area contributed by atoms with Crippen LogP contribution in [0.3, 0.4) is 0 Å². The number of phenols is 2. The van der Waals surface area contributed by atoms with E-state index in [4.69, 9.17) is 0 Å². The average molecular weight is 610 g/mol. The van der Waals surface area contributed by atoms with E-state index in [1.165, 1.54) is 43.6 Å². The minimum atomic E-state index is -0.0674. The molecule has 2 N–H and O–H groups in total. The molecular weight excluding hydrogens is 577 g/mol. The lowest BCUT2D eigenvalue weighted by molar-refractivity contribution is 0.411. The Morgan fingerprint density at radius 2 is 0.875 bits per heavy atom. The number of phenolic OH excluding ortho intramolecular Hbond substituents is 2. The smallest absolute Gasteiger partial charge is 0.165 e. The molecule has 0 heterocycles. The van der Waals surface area contributed by atoms with E-state index < -0.39 is 0 Å². The largest absolute Gasteiger partial charge is 0.505 e. The number of hydrogen-bond donors (Lipinski definition) is 2. The fourth-order valence-corrected chi connectivity index (χ4v) is 7.91. The quantitative estimate of drug-likeness (QED) is 0.172. The van der Waals surface area contributed by atoms with Gasteiger partial charge in [0, 0.05) is 10.9 Å². The lowest BCUT2D eigenvalue weighted by atomic mass is 9.61. The van der Waals surface area contributed by atoms with Crippen molar-refractivity contribution in [1.29, 1.82) is 0 Å². The highest BCUT2D eigenvalue weighted by atomic mass is 16.3. The SMILES string of the molecule is Bc1c(B)c(B)c2c(-c3cccc4ccccc34)c3c(O)c(O)c(B)c(B)c3c(-c3ccc(-c4ccc5ccccc5c4)cc3)c2c1B. The van der Waals surface area contributed by atoms with Gasteiger partial charge < -0.3 is 10.2 Å². The van der Waals surface area contributed by atoms with Crippen molar-refractivity contribution in [3.8, 4) is 44.9 Å². The summed E-state index contributed by atoms with van der Waals surface area (Å²) in [6.07, 6.45) is 0. The monoisotopic (exact) mass is 610 g/mol. The molecule has 8 rings (SSSR count). The Balaban J connectivity index is 1.54. The van der Waals surface area contributed by atoms with Gasteiger partial charge in [0.25, 0.3) is 0 Å². The third kappa shape index (κ3) is 4.35. The molecule has 0 aliphatic heterocycles. The van der Waals surface area contributed by atoms with Crippen LogP contribution in [0.5, 0.6) is 11.5 Å². The van der Waals surface area contributed by atoms with Crippen LogP contribution in [-0.4, -0.2) is 57.3 Å². The zero-order valence-corrected chi connectivity index (χ0v) is 28.3. The first-order chi connectivity index (χ1) is 23.2. The molecule has 0 atom stereocenters. The first-order valence-electron chi connectivity index (χ1n) is 16.7. The molecule has 0 bridgehead atoms. The summed E-state index contributed by atoms with van der Waals surface area (Å²) < 4.78 is 0. The zero-order valence-electron chi connectivity index (χ0n) is 28.3. The maximum absolute atomic E-state index is 12.0. The summed E-state index contributed by atoms with van der Waals surface area (Å²) in [6.45, 7) is 0. The summed E-state index contributed by atoms with van der Waals surface area (Å²) in [5.41, 5.74) is 13.1. The summed E-state index contributed by atoms with van der Waals surface area (Å²) in [7, 11) is 12.8. The van der Waals surface area contributed by atoms with E-state index in [-0.39, 0.29) is 11.5 Å². The van der Waals surface area contributed by atoms with Crippen LogP contribution in [0.1, 0.15) is 0 Å². The summed E-state index contributed by atoms with van der Waals surface area (Å²) >= 11 is 0. The molecule has 0 spiro atoms. The van der Waals surface area contributed by atoms with Gasteiger partial charge in [-0.25, -0.2) is 0 Å². The number of fused-ring (bicyclic) bond motifs is 4. The minimum Gasteiger partial charge on any atom is -0.505 e. The van der Waals surface area contributed by atoms with Crippen LogP contribution >= 0.6 is 0 Å². The van der Waals surface area contributed by atoms with Gasteiger partial charge >= 0.3 is 0 Å². The molecule has 0 saturated heterocycles. The second-order valence-corrected chi connectivity index (χ2v) is 13.4. The predicted octanol–water partition coefficient (Wildman–Crippen LogP) is 0.262. The first-order valence-corrected chi connectivity index (χ1v) is 16.7. The van der Waals surface area contributed by atoms with Crippen LogP contribution in [-0.2, 0) is 0 Å². The average Bonchev–Trinajstić information content (AvgIpc) is 3.13. The van der Waals surface area contributed by atoms with E-state index >= 15 is 0 Å². The topological polar surface area (TPSA) is 40.5 Å². The molecule has 0 amide bonds. The van der Waals surface area contributed by atoms with Gasteiger partial charge in [-0.05, 0) is 77.0 Å². The van der Waals surface area contributed by atoms with Crippen LogP contribution in [0, 0.1) is 0 Å². The molecule has 0 radical (unpaired) electrons. The van der Waals surface area contributed by atoms with Crippen LogP contribution in [0.15, 0.2) is 109 Å². The second kappa shape index (κ2) is 11.2. The van der Waals surface area contributed by atoms with Crippen molar-refractivity contribution < 1.29 is 10.2 Å². The van der Waals surface area contributed by atoms with Crippen LogP contribution in [0.2, 0.25) is 0 Å². The summed E-state index contributed by atoms with van der Waals surface area (Å²) in [6, 6.07) is 38.8. The number of hydrogen-bond acceptors (Lipinski definition) is 2. The molecule has 2 nitrogen and oxygen atoms in total. The van der Waals surface area contributed by atoms with Crippen molar-refractivity contribution in [2.45, 2.75) is 0 Å². The summed E-state index contributed by atoms with van der Waals surface area (Å²) in [5.74, 6) is -0.126. The molecule has 0 aliphatic carbocycles. The van der Waals surface area contributed by atoms with Crippen molar-refractivity contribution in [2.75, 3.05) is 0 Å². The highest BCUT2D eigenvalue weighted by molar-refractivity contribution is 6.68. The van der Waals surface area contributed by atoms with Crippen molar-refractivity contribution >= 4 is 123 Å². The van der Waals surface area contributed by atoms with Gasteiger partial charge in [-0.3, -0.25) is 0 Å². The second-order valence-electron chi connectivity index (χ2n) is 13.4. The Hall–Kier alpha value is -5.21. The molecular formula is C40H32B6O2. The maximum atomic E-state index is 12.0. The molecule has 0 unspecified atom stereocenters. The molecule has 0 aliphatic rings. The normalized spacial score (nSPS) is 11.6. The van der Waals surface area contributed by atoms with E-state index in [1.54, 1.807) is 0 Å². The van der Waals surface area contributed by atoms with E-state index in [9.17, 15) is 10.2 Å². The van der Waals surface area contributed by atoms with Gasteiger partial charge in [-0.15, -0.1) is 10.9 Å². The van der Waals surface area contributed by atoms with E-state index in [2.05, 4.69) is 148 Å². The zero-order chi connectivity index (χ0) is 33.4. The lowest BCUT2D eigenvalue weighted by Crippen LogP contribution is -2.48. The summed E-state index contributed by atoms with van der Waals surface area (Å²) in [4.78, 5) is 0. The van der Waals surface area contributed by atoms with Gasteiger partial charge in [0.2, 0.25) is 0 Å². The van der Waals surface area contributed by atoms with Gasteiger partial charge in [0.05, 0.1) is 0 Å². The van der Waals surface area contributed by atoms with Gasteiger partial charge in [0.1, 0.15) is 47.1 Å².